The summed E-state index contributed by atoms with van der Waals surface area (Å²) < 4.78 is 6.90. The summed E-state index contributed by atoms with van der Waals surface area (Å²) in [6.07, 6.45) is 0. The number of carbonyl (C=O) groups excluding carboxylic acids is 1. The van der Waals surface area contributed by atoms with Gasteiger partial charge in [0.2, 0.25) is 0 Å². The standard InChI is InChI=1S/C11H11NO4Se/c1-16-11(15)8(6-13)12-10(14)7-4-2-3-5-9(7)17-12/h2-5,8,13H,6H2,1H3/t8-/m0/s1. The second-order valence-electron chi connectivity index (χ2n) is 3.44. The van der Waals surface area contributed by atoms with Crippen LogP contribution in [-0.2, 0) is 9.53 Å². The summed E-state index contributed by atoms with van der Waals surface area (Å²) in [5.41, 5.74) is -0.218. The Balaban J connectivity index is 2.58. The number of methoxy groups -OCH3 is 1. The van der Waals surface area contributed by atoms with Gasteiger partial charge in [0.15, 0.2) is 0 Å². The first-order valence-corrected chi connectivity index (χ1v) is 6.60. The fourth-order valence-corrected chi connectivity index (χ4v) is 3.81. The van der Waals surface area contributed by atoms with Gasteiger partial charge in [0, 0.05) is 0 Å². The van der Waals surface area contributed by atoms with Crippen molar-refractivity contribution in [1.29, 1.82) is 0 Å². The molecule has 0 unspecified atom stereocenters. The fourth-order valence-electron chi connectivity index (χ4n) is 1.57. The minimum absolute atomic E-state index is 0.218. The normalized spacial score (nSPS) is 12.6. The minimum atomic E-state index is -0.903. The number of rotatable bonds is 3. The SMILES string of the molecule is COC(=O)[C@H](CO)n1[se]c2ccccc2c1=O. The topological polar surface area (TPSA) is 68.5 Å². The molecular formula is C11H11NO4Se. The van der Waals surface area contributed by atoms with Gasteiger partial charge in [-0.3, -0.25) is 0 Å². The molecule has 0 spiro atoms. The second kappa shape index (κ2) is 4.87. The van der Waals surface area contributed by atoms with Crippen molar-refractivity contribution in [2.75, 3.05) is 13.7 Å². The predicted molar refractivity (Wildman–Crippen MR) is 63.3 cm³/mol. The molecule has 6 heteroatoms. The van der Waals surface area contributed by atoms with E-state index in [9.17, 15) is 14.7 Å². The van der Waals surface area contributed by atoms with Gasteiger partial charge in [-0.05, 0) is 0 Å². The van der Waals surface area contributed by atoms with Crippen molar-refractivity contribution in [1.82, 2.24) is 3.56 Å². The third-order valence-electron chi connectivity index (χ3n) is 2.44. The Labute approximate surface area is 103 Å². The number of carbonyl (C=O) groups is 1. The summed E-state index contributed by atoms with van der Waals surface area (Å²) in [5, 5.41) is 9.81. The zero-order valence-electron chi connectivity index (χ0n) is 9.12. The number of aliphatic hydroxyl groups excluding tert-OH is 1. The van der Waals surface area contributed by atoms with Crippen molar-refractivity contribution < 1.29 is 14.6 Å². The molecule has 1 aromatic heterocycles. The molecule has 0 radical (unpaired) electrons. The zero-order chi connectivity index (χ0) is 12.4. The number of hydrogen-bond donors (Lipinski definition) is 1. The molecule has 0 saturated heterocycles. The number of fused-ring (bicyclic) bond motifs is 1. The zero-order valence-corrected chi connectivity index (χ0v) is 10.8. The average Bonchev–Trinajstić information content (AvgIpc) is 2.68. The number of hydrogen-bond acceptors (Lipinski definition) is 4. The van der Waals surface area contributed by atoms with Crippen molar-refractivity contribution >= 4 is 30.3 Å². The molecule has 5 nitrogen and oxygen atoms in total. The molecular weight excluding hydrogens is 289 g/mol. The van der Waals surface area contributed by atoms with E-state index < -0.39 is 18.6 Å². The Kier molecular flexibility index (Phi) is 3.47. The van der Waals surface area contributed by atoms with Crippen molar-refractivity contribution in [3.05, 3.63) is 34.6 Å². The number of esters is 1. The molecule has 0 aliphatic heterocycles. The Morgan fingerprint density at radius 1 is 1.53 bits per heavy atom. The van der Waals surface area contributed by atoms with Crippen LogP contribution in [0.25, 0.3) is 9.65 Å². The molecule has 1 heterocycles. The molecule has 17 heavy (non-hydrogen) atoms. The van der Waals surface area contributed by atoms with Crippen LogP contribution in [0.2, 0.25) is 0 Å². The molecule has 1 N–H and O–H groups in total. The summed E-state index contributed by atoms with van der Waals surface area (Å²) in [5.74, 6) is -0.587. The van der Waals surface area contributed by atoms with Crippen molar-refractivity contribution in [3.8, 4) is 0 Å². The van der Waals surface area contributed by atoms with Crippen LogP contribution in [0.4, 0.5) is 0 Å². The Bertz CT molecular complexity index is 601. The molecule has 2 aromatic rings. The number of nitrogens with zero attached hydrogens (tertiary/aromatic N) is 1. The van der Waals surface area contributed by atoms with Gasteiger partial charge in [-0.2, -0.15) is 0 Å². The van der Waals surface area contributed by atoms with E-state index in [1.165, 1.54) is 10.7 Å². The molecule has 0 amide bonds. The quantitative estimate of drug-likeness (QED) is 0.628. The summed E-state index contributed by atoms with van der Waals surface area (Å²) in [6.45, 7) is -0.422. The summed E-state index contributed by atoms with van der Waals surface area (Å²) >= 11 is -0.282. The van der Waals surface area contributed by atoms with E-state index in [-0.39, 0.29) is 20.3 Å². The van der Waals surface area contributed by atoms with Crippen LogP contribution in [0.5, 0.6) is 0 Å². The maximum atomic E-state index is 12.0. The fraction of sp³-hybridized carbons (Fsp3) is 0.273. The van der Waals surface area contributed by atoms with Gasteiger partial charge in [0.05, 0.1) is 0 Å². The number of aromatic nitrogens is 1. The first-order valence-electron chi connectivity index (χ1n) is 4.98. The van der Waals surface area contributed by atoms with Crippen molar-refractivity contribution in [3.63, 3.8) is 0 Å². The van der Waals surface area contributed by atoms with Crippen LogP contribution in [0.1, 0.15) is 6.04 Å². The van der Waals surface area contributed by atoms with Gasteiger partial charge >= 0.3 is 103 Å². The van der Waals surface area contributed by atoms with Gasteiger partial charge in [-0.15, -0.1) is 0 Å². The van der Waals surface area contributed by atoms with E-state index in [0.29, 0.717) is 5.39 Å². The molecule has 0 saturated carbocycles. The van der Waals surface area contributed by atoms with Gasteiger partial charge < -0.3 is 0 Å². The summed E-state index contributed by atoms with van der Waals surface area (Å²) in [4.78, 5) is 23.5. The van der Waals surface area contributed by atoms with E-state index in [2.05, 4.69) is 4.74 Å². The van der Waals surface area contributed by atoms with Crippen molar-refractivity contribution in [2.45, 2.75) is 6.04 Å². The molecule has 90 valence electrons. The van der Waals surface area contributed by atoms with E-state index in [4.69, 9.17) is 0 Å². The van der Waals surface area contributed by atoms with Crippen LogP contribution >= 0.6 is 0 Å². The van der Waals surface area contributed by atoms with Crippen LogP contribution in [-0.4, -0.2) is 43.1 Å². The van der Waals surface area contributed by atoms with E-state index in [1.54, 1.807) is 12.1 Å². The molecule has 1 atom stereocenters. The third kappa shape index (κ3) is 2.07. The molecule has 2 rings (SSSR count). The van der Waals surface area contributed by atoms with Gasteiger partial charge in [-0.25, -0.2) is 0 Å². The summed E-state index contributed by atoms with van der Waals surface area (Å²) in [6, 6.07) is 6.32. The van der Waals surface area contributed by atoms with Crippen LogP contribution in [0, 0.1) is 0 Å². The average molecular weight is 300 g/mol. The van der Waals surface area contributed by atoms with Crippen LogP contribution < -0.4 is 5.56 Å². The van der Waals surface area contributed by atoms with Gasteiger partial charge in [0.25, 0.3) is 0 Å². The molecule has 1 aromatic carbocycles. The number of aliphatic hydroxyl groups is 1. The van der Waals surface area contributed by atoms with E-state index in [1.807, 2.05) is 12.1 Å². The van der Waals surface area contributed by atoms with Gasteiger partial charge in [0.1, 0.15) is 0 Å². The van der Waals surface area contributed by atoms with Crippen LogP contribution in [0.15, 0.2) is 29.1 Å². The molecule has 0 aliphatic carbocycles. The predicted octanol–water partition coefficient (Wildman–Crippen LogP) is -0.235. The van der Waals surface area contributed by atoms with Crippen molar-refractivity contribution in [2.24, 2.45) is 0 Å². The van der Waals surface area contributed by atoms with Crippen LogP contribution in [0.3, 0.4) is 0 Å². The first kappa shape index (κ1) is 12.1. The maximum absolute atomic E-state index is 12.0. The first-order chi connectivity index (χ1) is 8.19. The third-order valence-corrected chi connectivity index (χ3v) is 4.90. The molecule has 0 bridgehead atoms. The Morgan fingerprint density at radius 3 is 2.82 bits per heavy atom. The molecule has 0 fully saturated rings. The Hall–Kier alpha value is -1.36. The second-order valence-corrected chi connectivity index (χ2v) is 5.57. The number of ether oxygens (including phenoxy) is 1. The number of benzene rings is 1. The summed E-state index contributed by atoms with van der Waals surface area (Å²) in [7, 11) is 1.24. The Morgan fingerprint density at radius 2 is 2.24 bits per heavy atom. The van der Waals surface area contributed by atoms with E-state index >= 15 is 0 Å². The molecule has 0 aliphatic rings. The van der Waals surface area contributed by atoms with E-state index in [0.717, 1.165) is 4.26 Å². The monoisotopic (exact) mass is 301 g/mol. The van der Waals surface area contributed by atoms with Gasteiger partial charge in [-0.1, -0.05) is 0 Å².